The third-order valence-corrected chi connectivity index (χ3v) is 5.45. The number of azide groups is 1. The Balaban J connectivity index is 1.76. The Morgan fingerprint density at radius 1 is 1.16 bits per heavy atom. The van der Waals surface area contributed by atoms with Gasteiger partial charge in [0.15, 0.2) is 5.82 Å². The summed E-state index contributed by atoms with van der Waals surface area (Å²) >= 11 is 0. The maximum atomic E-state index is 13.1. The molecule has 31 heavy (non-hydrogen) atoms. The average molecular weight is 441 g/mol. The molecule has 0 aliphatic carbocycles. The van der Waals surface area contributed by atoms with Crippen LogP contribution in [-0.4, -0.2) is 40.1 Å². The van der Waals surface area contributed by atoms with Gasteiger partial charge < -0.3 is 4.74 Å². The second-order valence-electron chi connectivity index (χ2n) is 6.00. The monoisotopic (exact) mass is 441 g/mol. The molecule has 3 aromatic heterocycles. The first kappa shape index (κ1) is 20.0. The summed E-state index contributed by atoms with van der Waals surface area (Å²) in [4.78, 5) is 14.8. The van der Waals surface area contributed by atoms with Crippen LogP contribution < -0.4 is 9.46 Å². The summed E-state index contributed by atoms with van der Waals surface area (Å²) < 4.78 is 47.3. The Kier molecular flexibility index (Phi) is 5.07. The van der Waals surface area contributed by atoms with Gasteiger partial charge in [0, 0.05) is 16.7 Å². The highest BCUT2D eigenvalue weighted by Crippen LogP contribution is 2.29. The molecule has 0 fully saturated rings. The third kappa shape index (κ3) is 3.92. The number of benzene rings is 1. The number of aromatic nitrogens is 5. The molecular formula is C17H12FN9O3S. The lowest BCUT2D eigenvalue weighted by Crippen LogP contribution is -2.14. The molecule has 1 aromatic carbocycles. The van der Waals surface area contributed by atoms with E-state index in [4.69, 9.17) is 10.3 Å². The van der Waals surface area contributed by atoms with Gasteiger partial charge in [-0.2, -0.15) is 9.61 Å². The quantitative estimate of drug-likeness (QED) is 0.273. The molecular weight excluding hydrogens is 429 g/mol. The normalized spacial score (nSPS) is 11.2. The van der Waals surface area contributed by atoms with E-state index in [2.05, 4.69) is 34.8 Å². The summed E-state index contributed by atoms with van der Waals surface area (Å²) in [6, 6.07) is 5.80. The smallest absolute Gasteiger partial charge is 0.262 e. The van der Waals surface area contributed by atoms with Gasteiger partial charge in [0.05, 0.1) is 24.4 Å². The van der Waals surface area contributed by atoms with Crippen LogP contribution in [0.15, 0.2) is 58.9 Å². The minimum absolute atomic E-state index is 0.0147. The van der Waals surface area contributed by atoms with Crippen molar-refractivity contribution < 1.29 is 17.5 Å². The molecule has 0 saturated carbocycles. The number of fused-ring (bicyclic) bond motifs is 1. The molecule has 3 heterocycles. The fourth-order valence-electron chi connectivity index (χ4n) is 2.66. The van der Waals surface area contributed by atoms with E-state index in [1.807, 2.05) is 0 Å². The van der Waals surface area contributed by atoms with Gasteiger partial charge in [0.2, 0.25) is 5.88 Å². The summed E-state index contributed by atoms with van der Waals surface area (Å²) in [5, 5.41) is 7.80. The first-order chi connectivity index (χ1) is 14.9. The average Bonchev–Trinajstić information content (AvgIpc) is 3.16. The number of methoxy groups -OCH3 is 1. The van der Waals surface area contributed by atoms with Crippen LogP contribution in [0.5, 0.6) is 5.88 Å². The van der Waals surface area contributed by atoms with Gasteiger partial charge in [-0.25, -0.2) is 27.8 Å². The maximum absolute atomic E-state index is 13.1. The lowest BCUT2D eigenvalue weighted by atomic mass is 10.2. The number of hydrogen-bond donors (Lipinski definition) is 1. The van der Waals surface area contributed by atoms with Crippen LogP contribution in [0.4, 0.5) is 15.9 Å². The highest BCUT2D eigenvalue weighted by atomic mass is 32.2. The van der Waals surface area contributed by atoms with Crippen LogP contribution in [0.2, 0.25) is 0 Å². The Bertz CT molecular complexity index is 1430. The summed E-state index contributed by atoms with van der Waals surface area (Å²) in [5.41, 5.74) is 9.39. The van der Waals surface area contributed by atoms with Crippen molar-refractivity contribution in [1.82, 2.24) is 24.6 Å². The van der Waals surface area contributed by atoms with Gasteiger partial charge >= 0.3 is 0 Å². The second kappa shape index (κ2) is 7.85. The number of sulfonamides is 1. The van der Waals surface area contributed by atoms with Crippen molar-refractivity contribution in [3.63, 3.8) is 0 Å². The van der Waals surface area contributed by atoms with Crippen molar-refractivity contribution in [2.45, 2.75) is 4.90 Å². The Labute approximate surface area is 174 Å². The first-order valence-electron chi connectivity index (χ1n) is 8.50. The van der Waals surface area contributed by atoms with Crippen LogP contribution in [0.1, 0.15) is 0 Å². The van der Waals surface area contributed by atoms with E-state index in [0.717, 1.165) is 24.3 Å². The van der Waals surface area contributed by atoms with Gasteiger partial charge in [0.1, 0.15) is 17.2 Å². The molecule has 156 valence electrons. The number of nitrogens with zero attached hydrogens (tertiary/aromatic N) is 8. The van der Waals surface area contributed by atoms with Gasteiger partial charge in [-0.1, -0.05) is 0 Å². The van der Waals surface area contributed by atoms with Crippen molar-refractivity contribution in [3.8, 4) is 17.1 Å². The fourth-order valence-corrected chi connectivity index (χ4v) is 3.70. The largest absolute Gasteiger partial charge is 0.480 e. The number of rotatable bonds is 6. The predicted molar refractivity (Wildman–Crippen MR) is 107 cm³/mol. The number of ether oxygens (including phenoxy) is 1. The molecule has 0 unspecified atom stereocenters. The molecule has 0 radical (unpaired) electrons. The number of hydrogen-bond acceptors (Lipinski definition) is 8. The number of anilines is 1. The number of halogens is 1. The van der Waals surface area contributed by atoms with Gasteiger partial charge in [0.25, 0.3) is 15.8 Å². The molecule has 1 N–H and O–H groups in total. The lowest BCUT2D eigenvalue weighted by molar-refractivity contribution is 0.400. The van der Waals surface area contributed by atoms with Crippen molar-refractivity contribution in [2.24, 2.45) is 5.11 Å². The standard InChI is InChI=1S/C17H12FN9O3S/c1-30-16-13(25-31(28,29)12-4-2-11(18)3-5-12)6-10(7-20-16)14-8-21-17-22-9-15(23-26-19)27(17)24-14/h2-9,25H,1H3. The summed E-state index contributed by atoms with van der Waals surface area (Å²) in [6.45, 7) is 0. The van der Waals surface area contributed by atoms with Gasteiger partial charge in [-0.05, 0) is 41.0 Å². The van der Waals surface area contributed by atoms with Crippen LogP contribution in [0.25, 0.3) is 27.5 Å². The van der Waals surface area contributed by atoms with Crippen molar-refractivity contribution in [3.05, 3.63) is 65.2 Å². The van der Waals surface area contributed by atoms with Crippen molar-refractivity contribution in [2.75, 3.05) is 11.8 Å². The minimum Gasteiger partial charge on any atom is -0.480 e. The van der Waals surface area contributed by atoms with Crippen LogP contribution in [0.3, 0.4) is 0 Å². The Morgan fingerprint density at radius 3 is 2.61 bits per heavy atom. The zero-order valence-electron chi connectivity index (χ0n) is 15.7. The molecule has 4 aromatic rings. The van der Waals surface area contributed by atoms with Crippen LogP contribution in [-0.2, 0) is 10.0 Å². The molecule has 0 aliphatic rings. The second-order valence-corrected chi connectivity index (χ2v) is 7.68. The number of pyridine rings is 1. The summed E-state index contributed by atoms with van der Waals surface area (Å²) in [6.07, 6.45) is 4.13. The molecule has 0 bridgehead atoms. The van der Waals surface area contributed by atoms with E-state index < -0.39 is 15.8 Å². The van der Waals surface area contributed by atoms with Gasteiger partial charge in [-0.15, -0.1) is 0 Å². The van der Waals surface area contributed by atoms with E-state index in [1.165, 1.54) is 36.3 Å². The molecule has 0 amide bonds. The number of imidazole rings is 1. The zero-order chi connectivity index (χ0) is 22.0. The van der Waals surface area contributed by atoms with Crippen LogP contribution in [0, 0.1) is 5.82 Å². The van der Waals surface area contributed by atoms with Crippen molar-refractivity contribution >= 4 is 27.3 Å². The van der Waals surface area contributed by atoms with E-state index in [1.54, 1.807) is 0 Å². The molecule has 14 heteroatoms. The number of nitrogens with one attached hydrogen (secondary N) is 1. The van der Waals surface area contributed by atoms with E-state index in [0.29, 0.717) is 11.3 Å². The topological polar surface area (TPSA) is 160 Å². The minimum atomic E-state index is -4.04. The SMILES string of the molecule is COc1ncc(-c2cnc3ncc(N=[N+]=[N-])n3n2)cc1NS(=O)(=O)c1ccc(F)cc1. The highest BCUT2D eigenvalue weighted by molar-refractivity contribution is 7.92. The van der Waals surface area contributed by atoms with Gasteiger partial charge in [-0.3, -0.25) is 4.72 Å². The van der Waals surface area contributed by atoms with E-state index in [-0.39, 0.29) is 28.1 Å². The first-order valence-corrected chi connectivity index (χ1v) is 9.98. The molecule has 0 spiro atoms. The fraction of sp³-hybridized carbons (Fsp3) is 0.0588. The zero-order valence-corrected chi connectivity index (χ0v) is 16.5. The molecule has 12 nitrogen and oxygen atoms in total. The summed E-state index contributed by atoms with van der Waals surface area (Å²) in [7, 11) is -2.71. The van der Waals surface area contributed by atoms with Crippen molar-refractivity contribution in [1.29, 1.82) is 0 Å². The maximum Gasteiger partial charge on any atom is 0.262 e. The van der Waals surface area contributed by atoms with E-state index >= 15 is 0 Å². The van der Waals surface area contributed by atoms with E-state index in [9.17, 15) is 12.8 Å². The predicted octanol–water partition coefficient (Wildman–Crippen LogP) is 3.08. The third-order valence-electron chi connectivity index (χ3n) is 4.07. The molecule has 0 atom stereocenters. The van der Waals surface area contributed by atoms with Crippen LogP contribution >= 0.6 is 0 Å². The Morgan fingerprint density at radius 2 is 1.90 bits per heavy atom. The molecule has 0 saturated heterocycles. The highest BCUT2D eigenvalue weighted by Gasteiger charge is 2.19. The summed E-state index contributed by atoms with van der Waals surface area (Å²) in [5.74, 6) is -0.204. The lowest BCUT2D eigenvalue weighted by Gasteiger charge is -2.12. The Hall–Kier alpha value is -4.29. The molecule has 4 rings (SSSR count). The molecule has 0 aliphatic heterocycles.